The van der Waals surface area contributed by atoms with Crippen molar-refractivity contribution in [3.8, 4) is 16.9 Å². The Hall–Kier alpha value is -2.35. The van der Waals surface area contributed by atoms with Crippen molar-refractivity contribution in [2.75, 3.05) is 7.11 Å². The van der Waals surface area contributed by atoms with Crippen LogP contribution in [0.1, 0.15) is 38.3 Å². The van der Waals surface area contributed by atoms with E-state index in [1.165, 1.54) is 16.8 Å². The molecule has 2 aromatic carbocycles. The summed E-state index contributed by atoms with van der Waals surface area (Å²) >= 11 is 0. The van der Waals surface area contributed by atoms with Gasteiger partial charge in [0, 0.05) is 17.0 Å². The summed E-state index contributed by atoms with van der Waals surface area (Å²) in [7, 11) is 1.70. The van der Waals surface area contributed by atoms with Gasteiger partial charge in [-0.3, -0.25) is 4.98 Å². The Bertz CT molecular complexity index is 792. The normalized spacial score (nSPS) is 11.1. The molecular formula is C21H23NO. The highest BCUT2D eigenvalue weighted by Gasteiger charge is 2.14. The minimum Gasteiger partial charge on any atom is -0.497 e. The van der Waals surface area contributed by atoms with Crippen molar-refractivity contribution >= 4 is 10.9 Å². The summed E-state index contributed by atoms with van der Waals surface area (Å²) in [5.74, 6) is 1.37. The largest absolute Gasteiger partial charge is 0.497 e. The molecule has 0 fully saturated rings. The summed E-state index contributed by atoms with van der Waals surface area (Å²) in [5.41, 5.74) is 4.68. The van der Waals surface area contributed by atoms with Crippen LogP contribution in [-0.4, -0.2) is 12.1 Å². The van der Waals surface area contributed by atoms with Crippen molar-refractivity contribution in [2.24, 2.45) is 0 Å². The Labute approximate surface area is 138 Å². The maximum Gasteiger partial charge on any atom is 0.119 e. The number of aromatic nitrogens is 1. The predicted octanol–water partition coefficient (Wildman–Crippen LogP) is 5.81. The molecule has 0 saturated carbocycles. The molecule has 0 unspecified atom stereocenters. The molecule has 2 heteroatoms. The summed E-state index contributed by atoms with van der Waals surface area (Å²) in [5, 5.41) is 1.14. The quantitative estimate of drug-likeness (QED) is 0.593. The third-order valence-electron chi connectivity index (χ3n) is 4.52. The van der Waals surface area contributed by atoms with E-state index in [1.54, 1.807) is 7.11 Å². The fourth-order valence-corrected chi connectivity index (χ4v) is 3.12. The van der Waals surface area contributed by atoms with E-state index in [4.69, 9.17) is 9.72 Å². The lowest BCUT2D eigenvalue weighted by atomic mass is 9.93. The van der Waals surface area contributed by atoms with E-state index in [-0.39, 0.29) is 0 Å². The zero-order valence-corrected chi connectivity index (χ0v) is 14.0. The maximum absolute atomic E-state index is 5.41. The van der Waals surface area contributed by atoms with Gasteiger partial charge in [-0.1, -0.05) is 44.2 Å². The molecule has 0 spiro atoms. The van der Waals surface area contributed by atoms with E-state index in [2.05, 4.69) is 62.4 Å². The molecule has 0 radical (unpaired) electrons. The first-order chi connectivity index (χ1) is 11.3. The first-order valence-electron chi connectivity index (χ1n) is 8.31. The molecule has 3 aromatic rings. The van der Waals surface area contributed by atoms with Crippen LogP contribution in [0, 0.1) is 0 Å². The second-order valence-electron chi connectivity index (χ2n) is 5.86. The van der Waals surface area contributed by atoms with Crippen molar-refractivity contribution in [2.45, 2.75) is 32.6 Å². The first-order valence-corrected chi connectivity index (χ1v) is 8.31. The lowest BCUT2D eigenvalue weighted by molar-refractivity contribution is 0.415. The van der Waals surface area contributed by atoms with E-state index in [0.717, 1.165) is 29.5 Å². The van der Waals surface area contributed by atoms with E-state index < -0.39 is 0 Å². The van der Waals surface area contributed by atoms with Gasteiger partial charge >= 0.3 is 0 Å². The number of rotatable bonds is 5. The molecule has 23 heavy (non-hydrogen) atoms. The number of ether oxygens (including phenoxy) is 1. The molecule has 3 rings (SSSR count). The fourth-order valence-electron chi connectivity index (χ4n) is 3.12. The molecule has 0 aliphatic heterocycles. The Morgan fingerprint density at radius 1 is 0.957 bits per heavy atom. The lowest BCUT2D eigenvalue weighted by Gasteiger charge is -2.16. The van der Waals surface area contributed by atoms with Crippen molar-refractivity contribution in [3.63, 3.8) is 0 Å². The van der Waals surface area contributed by atoms with Crippen molar-refractivity contribution in [1.29, 1.82) is 0 Å². The average Bonchev–Trinajstić information content (AvgIpc) is 2.62. The van der Waals surface area contributed by atoms with Crippen LogP contribution in [0.4, 0.5) is 0 Å². The molecule has 0 atom stereocenters. The lowest BCUT2D eigenvalue weighted by Crippen LogP contribution is -2.00. The van der Waals surface area contributed by atoms with Crippen LogP contribution in [0.15, 0.2) is 54.6 Å². The second kappa shape index (κ2) is 6.82. The molecule has 1 aromatic heterocycles. The molecule has 0 amide bonds. The number of methoxy groups -OCH3 is 1. The molecule has 2 nitrogen and oxygen atoms in total. The van der Waals surface area contributed by atoms with Gasteiger partial charge in [-0.2, -0.15) is 0 Å². The van der Waals surface area contributed by atoms with Gasteiger partial charge in [0.1, 0.15) is 5.75 Å². The van der Waals surface area contributed by atoms with Crippen LogP contribution >= 0.6 is 0 Å². The minimum absolute atomic E-state index is 0.504. The van der Waals surface area contributed by atoms with Crippen LogP contribution in [-0.2, 0) is 0 Å². The highest BCUT2D eigenvalue weighted by molar-refractivity contribution is 5.95. The predicted molar refractivity (Wildman–Crippen MR) is 97.1 cm³/mol. The molecule has 0 N–H and O–H groups in total. The summed E-state index contributed by atoms with van der Waals surface area (Å²) in [6.45, 7) is 4.46. The van der Waals surface area contributed by atoms with Crippen molar-refractivity contribution in [3.05, 3.63) is 60.3 Å². The number of benzene rings is 2. The second-order valence-corrected chi connectivity index (χ2v) is 5.86. The van der Waals surface area contributed by atoms with E-state index in [0.29, 0.717) is 5.92 Å². The maximum atomic E-state index is 5.41. The minimum atomic E-state index is 0.504. The Morgan fingerprint density at radius 3 is 2.35 bits per heavy atom. The fraction of sp³-hybridized carbons (Fsp3) is 0.286. The highest BCUT2D eigenvalue weighted by atomic mass is 16.5. The Balaban J connectivity index is 2.28. The summed E-state index contributed by atoms with van der Waals surface area (Å²) < 4.78 is 5.41. The van der Waals surface area contributed by atoms with Gasteiger partial charge in [-0.15, -0.1) is 0 Å². The van der Waals surface area contributed by atoms with Gasteiger partial charge in [0.25, 0.3) is 0 Å². The van der Waals surface area contributed by atoms with Crippen molar-refractivity contribution in [1.82, 2.24) is 4.98 Å². The smallest absolute Gasteiger partial charge is 0.119 e. The van der Waals surface area contributed by atoms with Crippen LogP contribution in [0.25, 0.3) is 22.0 Å². The van der Waals surface area contributed by atoms with Gasteiger partial charge in [-0.05, 0) is 48.2 Å². The number of pyridine rings is 1. The van der Waals surface area contributed by atoms with E-state index in [1.807, 2.05) is 6.07 Å². The van der Waals surface area contributed by atoms with Gasteiger partial charge in [0.2, 0.25) is 0 Å². The molecule has 1 heterocycles. The molecular weight excluding hydrogens is 282 g/mol. The van der Waals surface area contributed by atoms with Crippen LogP contribution in [0.2, 0.25) is 0 Å². The van der Waals surface area contributed by atoms with Crippen molar-refractivity contribution < 1.29 is 4.74 Å². The van der Waals surface area contributed by atoms with Crippen LogP contribution < -0.4 is 4.74 Å². The Kier molecular flexibility index (Phi) is 4.61. The van der Waals surface area contributed by atoms with Gasteiger partial charge < -0.3 is 4.74 Å². The summed E-state index contributed by atoms with van der Waals surface area (Å²) in [4.78, 5) is 4.92. The molecule has 0 aliphatic carbocycles. The number of fused-ring (bicyclic) bond motifs is 1. The first kappa shape index (κ1) is 15.5. The number of nitrogens with zero attached hydrogens (tertiary/aromatic N) is 1. The van der Waals surface area contributed by atoms with Crippen LogP contribution in [0.5, 0.6) is 5.75 Å². The highest BCUT2D eigenvalue weighted by Crippen LogP contribution is 2.34. The molecule has 0 aliphatic rings. The zero-order valence-electron chi connectivity index (χ0n) is 14.0. The zero-order chi connectivity index (χ0) is 16.2. The standard InChI is InChI=1S/C21H23NO/c1-4-15(5-2)21-14-18(16-9-7-6-8-10-16)19-13-17(23-3)11-12-20(19)22-21/h6-15H,4-5H2,1-3H3. The topological polar surface area (TPSA) is 22.1 Å². The van der Waals surface area contributed by atoms with Gasteiger partial charge in [0.15, 0.2) is 0 Å². The average molecular weight is 305 g/mol. The SMILES string of the molecule is CCC(CC)c1cc(-c2ccccc2)c2cc(OC)ccc2n1. The van der Waals surface area contributed by atoms with E-state index >= 15 is 0 Å². The monoisotopic (exact) mass is 305 g/mol. The van der Waals surface area contributed by atoms with E-state index in [9.17, 15) is 0 Å². The third-order valence-corrected chi connectivity index (χ3v) is 4.52. The summed E-state index contributed by atoms with van der Waals surface area (Å²) in [6.07, 6.45) is 2.22. The van der Waals surface area contributed by atoms with Crippen LogP contribution in [0.3, 0.4) is 0 Å². The number of hydrogen-bond acceptors (Lipinski definition) is 2. The number of hydrogen-bond donors (Lipinski definition) is 0. The molecule has 118 valence electrons. The molecule has 0 saturated heterocycles. The summed E-state index contributed by atoms with van der Waals surface area (Å²) in [6, 6.07) is 18.9. The Morgan fingerprint density at radius 2 is 1.70 bits per heavy atom. The third kappa shape index (κ3) is 3.07. The van der Waals surface area contributed by atoms with Gasteiger partial charge in [-0.25, -0.2) is 0 Å². The molecule has 0 bridgehead atoms. The van der Waals surface area contributed by atoms with Gasteiger partial charge in [0.05, 0.1) is 12.6 Å².